The van der Waals surface area contributed by atoms with Crippen LogP contribution >= 0.6 is 34.8 Å². The van der Waals surface area contributed by atoms with Crippen molar-refractivity contribution >= 4 is 62.3 Å². The average Bonchev–Trinajstić information content (AvgIpc) is 2.94. The van der Waals surface area contributed by atoms with Crippen molar-refractivity contribution in [1.29, 1.82) is 0 Å². The number of benzene rings is 3. The lowest BCUT2D eigenvalue weighted by molar-refractivity contribution is -0.140. The van der Waals surface area contributed by atoms with Gasteiger partial charge in [-0.25, -0.2) is 8.42 Å². The molecule has 0 fully saturated rings. The van der Waals surface area contributed by atoms with Crippen molar-refractivity contribution in [2.45, 2.75) is 45.3 Å². The highest BCUT2D eigenvalue weighted by molar-refractivity contribution is 7.92. The molecule has 2 unspecified atom stereocenters. The quantitative estimate of drug-likeness (QED) is 0.245. The van der Waals surface area contributed by atoms with Crippen LogP contribution in [0.2, 0.25) is 15.1 Å². The molecule has 0 aliphatic carbocycles. The summed E-state index contributed by atoms with van der Waals surface area (Å²) >= 11 is 19.3. The number of hydrogen-bond acceptors (Lipinski definition) is 5. The number of rotatable bonds is 13. The largest absolute Gasteiger partial charge is 0.495 e. The minimum absolute atomic E-state index is 0.135. The number of amides is 2. The molecule has 0 heterocycles. The molecule has 0 radical (unpaired) electrons. The third-order valence-corrected chi connectivity index (χ3v) is 8.91. The van der Waals surface area contributed by atoms with Crippen LogP contribution in [0.4, 0.5) is 5.69 Å². The first-order chi connectivity index (χ1) is 19.8. The van der Waals surface area contributed by atoms with Crippen molar-refractivity contribution in [3.63, 3.8) is 0 Å². The van der Waals surface area contributed by atoms with Crippen LogP contribution in [0, 0.1) is 0 Å². The summed E-state index contributed by atoms with van der Waals surface area (Å²) in [7, 11) is -2.53. The van der Waals surface area contributed by atoms with E-state index in [0.29, 0.717) is 27.8 Å². The number of nitrogens with zero attached hydrogens (tertiary/aromatic N) is 2. The smallest absolute Gasteiger partial charge is 0.244 e. The monoisotopic (exact) mass is 653 g/mol. The first kappa shape index (κ1) is 33.5. The molecule has 42 heavy (non-hydrogen) atoms. The van der Waals surface area contributed by atoms with E-state index in [4.69, 9.17) is 39.5 Å². The number of halogens is 3. The van der Waals surface area contributed by atoms with Crippen molar-refractivity contribution < 1.29 is 22.7 Å². The molecule has 3 aromatic rings. The number of anilines is 1. The zero-order chi connectivity index (χ0) is 31.0. The summed E-state index contributed by atoms with van der Waals surface area (Å²) < 4.78 is 32.0. The van der Waals surface area contributed by atoms with Gasteiger partial charge in [0.25, 0.3) is 0 Å². The summed E-state index contributed by atoms with van der Waals surface area (Å²) in [5.41, 5.74) is 1.41. The fraction of sp³-hybridized carbons (Fsp3) is 0.333. The van der Waals surface area contributed by atoms with Crippen LogP contribution in [0.15, 0.2) is 66.7 Å². The first-order valence-corrected chi connectivity index (χ1v) is 16.2. The maximum Gasteiger partial charge on any atom is 0.244 e. The lowest BCUT2D eigenvalue weighted by Gasteiger charge is -2.34. The van der Waals surface area contributed by atoms with Crippen LogP contribution in [0.1, 0.15) is 31.4 Å². The number of sulfonamides is 1. The van der Waals surface area contributed by atoms with Gasteiger partial charge in [-0.15, -0.1) is 0 Å². The summed E-state index contributed by atoms with van der Waals surface area (Å²) in [5, 5.41) is 3.76. The molecule has 1 N–H and O–H groups in total. The topological polar surface area (TPSA) is 96.0 Å². The fourth-order valence-corrected chi connectivity index (χ4v) is 5.88. The summed E-state index contributed by atoms with van der Waals surface area (Å²) in [6.45, 7) is 3.07. The van der Waals surface area contributed by atoms with E-state index >= 15 is 0 Å². The number of carbonyl (C=O) groups is 2. The van der Waals surface area contributed by atoms with Gasteiger partial charge in [0.2, 0.25) is 21.8 Å². The Bertz CT molecular complexity index is 1490. The molecular formula is C30H34Cl3N3O5S. The Hall–Kier alpha value is -2.98. The van der Waals surface area contributed by atoms with Crippen molar-refractivity contribution in [2.24, 2.45) is 0 Å². The highest BCUT2D eigenvalue weighted by Gasteiger charge is 2.34. The molecule has 0 spiro atoms. The first-order valence-electron chi connectivity index (χ1n) is 13.2. The van der Waals surface area contributed by atoms with E-state index in [1.54, 1.807) is 18.2 Å². The second kappa shape index (κ2) is 15.0. The van der Waals surface area contributed by atoms with Crippen LogP contribution in [-0.2, 0) is 32.6 Å². The van der Waals surface area contributed by atoms with Gasteiger partial charge in [-0.1, -0.05) is 78.1 Å². The predicted octanol–water partition coefficient (Wildman–Crippen LogP) is 5.98. The standard InChI is InChI=1S/C30H34Cl3N3O5S/c1-5-20(2)34-30(38)27(16-21-10-7-6-8-11-21)35(18-23-24(31)12-9-13-25(23)32)29(37)19-36(42(4,39)40)22-14-15-28(41-3)26(33)17-22/h6-15,17,20,27H,5,16,18-19H2,1-4H3,(H,34,38). The number of carbonyl (C=O) groups excluding carboxylic acids is 2. The van der Waals surface area contributed by atoms with Crippen molar-refractivity contribution in [3.8, 4) is 5.75 Å². The van der Waals surface area contributed by atoms with Gasteiger partial charge in [0.05, 0.1) is 24.1 Å². The molecule has 0 aliphatic heterocycles. The van der Waals surface area contributed by atoms with E-state index in [9.17, 15) is 18.0 Å². The Morgan fingerprint density at radius 1 is 0.952 bits per heavy atom. The minimum atomic E-state index is -3.97. The Balaban J connectivity index is 2.12. The van der Waals surface area contributed by atoms with Gasteiger partial charge < -0.3 is 15.0 Å². The molecule has 12 heteroatoms. The zero-order valence-corrected chi connectivity index (χ0v) is 26.9. The molecule has 0 aromatic heterocycles. The van der Waals surface area contributed by atoms with Crippen LogP contribution in [0.5, 0.6) is 5.75 Å². The molecule has 8 nitrogen and oxygen atoms in total. The molecule has 2 amide bonds. The Morgan fingerprint density at radius 2 is 1.60 bits per heavy atom. The molecule has 0 saturated heterocycles. The average molecular weight is 655 g/mol. The molecule has 2 atom stereocenters. The van der Waals surface area contributed by atoms with E-state index in [2.05, 4.69) is 5.32 Å². The third-order valence-electron chi connectivity index (χ3n) is 6.76. The van der Waals surface area contributed by atoms with Gasteiger partial charge in [0, 0.05) is 34.6 Å². The minimum Gasteiger partial charge on any atom is -0.495 e. The van der Waals surface area contributed by atoms with E-state index in [1.165, 1.54) is 30.2 Å². The third kappa shape index (κ3) is 8.77. The number of methoxy groups -OCH3 is 1. The fourth-order valence-electron chi connectivity index (χ4n) is 4.27. The predicted molar refractivity (Wildman–Crippen MR) is 169 cm³/mol. The van der Waals surface area contributed by atoms with Crippen LogP contribution in [0.25, 0.3) is 0 Å². The zero-order valence-electron chi connectivity index (χ0n) is 23.8. The molecule has 226 valence electrons. The number of nitrogens with one attached hydrogen (secondary N) is 1. The summed E-state index contributed by atoms with van der Waals surface area (Å²) in [5.74, 6) is -0.675. The molecule has 0 aliphatic rings. The van der Waals surface area contributed by atoms with Gasteiger partial charge in [0.1, 0.15) is 18.3 Å². The van der Waals surface area contributed by atoms with Crippen molar-refractivity contribution in [2.75, 3.05) is 24.2 Å². The Morgan fingerprint density at radius 3 is 2.14 bits per heavy atom. The SMILES string of the molecule is CCC(C)NC(=O)C(Cc1ccccc1)N(Cc1c(Cl)cccc1Cl)C(=O)CN(c1ccc(OC)c(Cl)c1)S(C)(=O)=O. The number of ether oxygens (including phenoxy) is 1. The lowest BCUT2D eigenvalue weighted by atomic mass is 10.0. The van der Waals surface area contributed by atoms with Gasteiger partial charge in [-0.3, -0.25) is 13.9 Å². The van der Waals surface area contributed by atoms with Gasteiger partial charge in [0.15, 0.2) is 0 Å². The maximum absolute atomic E-state index is 14.2. The summed E-state index contributed by atoms with van der Waals surface area (Å²) in [6, 6.07) is 17.4. The van der Waals surface area contributed by atoms with Crippen molar-refractivity contribution in [1.82, 2.24) is 10.2 Å². The molecule has 3 rings (SSSR count). The Labute approximate surface area is 262 Å². The normalized spacial score (nSPS) is 12.7. The van der Waals surface area contributed by atoms with Gasteiger partial charge in [-0.05, 0) is 49.2 Å². The molecular weight excluding hydrogens is 621 g/mol. The molecule has 0 saturated carbocycles. The van der Waals surface area contributed by atoms with Gasteiger partial charge in [-0.2, -0.15) is 0 Å². The van der Waals surface area contributed by atoms with Crippen LogP contribution < -0.4 is 14.4 Å². The highest BCUT2D eigenvalue weighted by Crippen LogP contribution is 2.31. The number of hydrogen-bond donors (Lipinski definition) is 1. The molecule has 3 aromatic carbocycles. The molecule has 0 bridgehead atoms. The van der Waals surface area contributed by atoms with E-state index in [0.717, 1.165) is 16.1 Å². The van der Waals surface area contributed by atoms with Crippen LogP contribution in [0.3, 0.4) is 0 Å². The van der Waals surface area contributed by atoms with Crippen molar-refractivity contribution in [3.05, 3.63) is 92.9 Å². The highest BCUT2D eigenvalue weighted by atomic mass is 35.5. The second-order valence-corrected chi connectivity index (χ2v) is 13.0. The second-order valence-electron chi connectivity index (χ2n) is 9.83. The van der Waals surface area contributed by atoms with E-state index in [-0.39, 0.29) is 35.6 Å². The van der Waals surface area contributed by atoms with E-state index in [1.807, 2.05) is 44.2 Å². The van der Waals surface area contributed by atoms with E-state index < -0.39 is 28.5 Å². The Kier molecular flexibility index (Phi) is 11.9. The summed E-state index contributed by atoms with van der Waals surface area (Å²) in [4.78, 5) is 29.3. The summed E-state index contributed by atoms with van der Waals surface area (Å²) in [6.07, 6.45) is 1.84. The maximum atomic E-state index is 14.2. The van der Waals surface area contributed by atoms with Gasteiger partial charge >= 0.3 is 0 Å². The lowest BCUT2D eigenvalue weighted by Crippen LogP contribution is -2.54. The van der Waals surface area contributed by atoms with Crippen LogP contribution in [-0.4, -0.2) is 57.1 Å².